The van der Waals surface area contributed by atoms with Crippen molar-refractivity contribution in [2.75, 3.05) is 5.32 Å². The van der Waals surface area contributed by atoms with Crippen LogP contribution in [-0.2, 0) is 6.42 Å². The highest BCUT2D eigenvalue weighted by molar-refractivity contribution is 5.83. The van der Waals surface area contributed by atoms with Gasteiger partial charge in [-0.25, -0.2) is 15.0 Å². The standard InChI is InChI=1S/C23H31N5O/c1-6-7-8-9-10-11-18-16(4)24-23(27-21(18)29)28-22-25-17(5)19-12-14(2)15(3)13-20(19)26-22/h12-13H,6-11H2,1-5H3,(H2,24,25,26,27,28,29). The first kappa shape index (κ1) is 21.0. The van der Waals surface area contributed by atoms with Crippen LogP contribution in [0, 0.1) is 27.7 Å². The van der Waals surface area contributed by atoms with Crippen LogP contribution in [0.4, 0.5) is 11.9 Å². The third-order valence-electron chi connectivity index (χ3n) is 5.48. The van der Waals surface area contributed by atoms with Gasteiger partial charge in [-0.3, -0.25) is 15.1 Å². The lowest BCUT2D eigenvalue weighted by Crippen LogP contribution is -2.19. The minimum Gasteiger partial charge on any atom is -0.294 e. The Morgan fingerprint density at radius 1 is 0.897 bits per heavy atom. The molecule has 3 aromatic rings. The van der Waals surface area contributed by atoms with E-state index in [0.29, 0.717) is 11.9 Å². The quantitative estimate of drug-likeness (QED) is 0.514. The molecule has 0 unspecified atom stereocenters. The zero-order valence-electron chi connectivity index (χ0n) is 18.1. The van der Waals surface area contributed by atoms with Crippen molar-refractivity contribution in [1.82, 2.24) is 19.9 Å². The molecule has 0 amide bonds. The van der Waals surface area contributed by atoms with Crippen LogP contribution in [-0.4, -0.2) is 19.9 Å². The summed E-state index contributed by atoms with van der Waals surface area (Å²) in [5, 5.41) is 4.11. The number of benzene rings is 1. The Labute approximate surface area is 172 Å². The summed E-state index contributed by atoms with van der Waals surface area (Å²) < 4.78 is 0. The third kappa shape index (κ3) is 5.00. The Bertz CT molecular complexity index is 1070. The molecule has 0 aliphatic heterocycles. The Morgan fingerprint density at radius 3 is 2.34 bits per heavy atom. The molecule has 1 aromatic carbocycles. The van der Waals surface area contributed by atoms with Crippen molar-refractivity contribution < 1.29 is 0 Å². The number of aryl methyl sites for hydroxylation is 4. The molecule has 6 heteroatoms. The van der Waals surface area contributed by atoms with Gasteiger partial charge < -0.3 is 0 Å². The van der Waals surface area contributed by atoms with E-state index >= 15 is 0 Å². The van der Waals surface area contributed by atoms with Gasteiger partial charge >= 0.3 is 0 Å². The van der Waals surface area contributed by atoms with E-state index in [1.807, 2.05) is 13.8 Å². The number of nitrogens with zero attached hydrogens (tertiary/aromatic N) is 3. The van der Waals surface area contributed by atoms with Crippen molar-refractivity contribution in [3.8, 4) is 0 Å². The van der Waals surface area contributed by atoms with Gasteiger partial charge in [-0.2, -0.15) is 0 Å². The summed E-state index contributed by atoms with van der Waals surface area (Å²) in [5.74, 6) is 0.818. The van der Waals surface area contributed by atoms with E-state index in [1.165, 1.54) is 30.4 Å². The van der Waals surface area contributed by atoms with Gasteiger partial charge in [0.2, 0.25) is 11.9 Å². The fraction of sp³-hybridized carbons (Fsp3) is 0.478. The van der Waals surface area contributed by atoms with Crippen molar-refractivity contribution in [2.45, 2.75) is 73.1 Å². The molecule has 3 rings (SSSR count). The van der Waals surface area contributed by atoms with Gasteiger partial charge in [0.1, 0.15) is 0 Å². The number of fused-ring (bicyclic) bond motifs is 1. The predicted molar refractivity (Wildman–Crippen MR) is 119 cm³/mol. The second kappa shape index (κ2) is 9.16. The molecule has 2 N–H and O–H groups in total. The summed E-state index contributed by atoms with van der Waals surface area (Å²) in [6, 6.07) is 4.18. The second-order valence-corrected chi connectivity index (χ2v) is 7.85. The summed E-state index contributed by atoms with van der Waals surface area (Å²) in [4.78, 5) is 29.1. The van der Waals surface area contributed by atoms with Crippen LogP contribution in [0.5, 0.6) is 0 Å². The summed E-state index contributed by atoms with van der Waals surface area (Å²) in [6.07, 6.45) is 6.62. The van der Waals surface area contributed by atoms with Gasteiger partial charge in [0, 0.05) is 16.6 Å². The highest BCUT2D eigenvalue weighted by atomic mass is 16.1. The maximum absolute atomic E-state index is 12.6. The molecule has 0 atom stereocenters. The average molecular weight is 394 g/mol. The van der Waals surface area contributed by atoms with Crippen molar-refractivity contribution in [2.24, 2.45) is 0 Å². The Kier molecular flexibility index (Phi) is 6.62. The number of hydrogen-bond donors (Lipinski definition) is 2. The van der Waals surface area contributed by atoms with E-state index in [2.05, 4.69) is 58.2 Å². The molecule has 29 heavy (non-hydrogen) atoms. The molecule has 2 heterocycles. The zero-order chi connectivity index (χ0) is 21.0. The number of hydrogen-bond acceptors (Lipinski definition) is 5. The number of aromatic amines is 1. The van der Waals surface area contributed by atoms with Gasteiger partial charge in [-0.1, -0.05) is 32.6 Å². The first-order valence-corrected chi connectivity index (χ1v) is 10.5. The van der Waals surface area contributed by atoms with E-state index in [0.717, 1.165) is 47.1 Å². The van der Waals surface area contributed by atoms with E-state index in [9.17, 15) is 4.79 Å². The van der Waals surface area contributed by atoms with Gasteiger partial charge in [0.25, 0.3) is 5.56 Å². The van der Waals surface area contributed by atoms with Crippen molar-refractivity contribution in [1.29, 1.82) is 0 Å². The van der Waals surface area contributed by atoms with Crippen molar-refractivity contribution in [3.05, 3.63) is 50.6 Å². The molecule has 0 fully saturated rings. The molecule has 0 aliphatic rings. The number of H-pyrrole nitrogens is 1. The molecule has 0 bridgehead atoms. The van der Waals surface area contributed by atoms with Gasteiger partial charge in [0.05, 0.1) is 11.2 Å². The van der Waals surface area contributed by atoms with Crippen LogP contribution in [0.2, 0.25) is 0 Å². The summed E-state index contributed by atoms with van der Waals surface area (Å²) in [7, 11) is 0. The van der Waals surface area contributed by atoms with Crippen LogP contribution < -0.4 is 10.9 Å². The third-order valence-corrected chi connectivity index (χ3v) is 5.48. The largest absolute Gasteiger partial charge is 0.294 e. The van der Waals surface area contributed by atoms with Crippen LogP contribution >= 0.6 is 0 Å². The lowest BCUT2D eigenvalue weighted by Gasteiger charge is -2.11. The topological polar surface area (TPSA) is 83.6 Å². The molecular weight excluding hydrogens is 362 g/mol. The molecular formula is C23H31N5O. The van der Waals surface area contributed by atoms with E-state index in [4.69, 9.17) is 0 Å². The zero-order valence-corrected chi connectivity index (χ0v) is 18.1. The first-order valence-electron chi connectivity index (χ1n) is 10.5. The molecule has 0 saturated carbocycles. The van der Waals surface area contributed by atoms with E-state index in [-0.39, 0.29) is 5.56 Å². The predicted octanol–water partition coefficient (Wildman–Crippen LogP) is 5.20. The van der Waals surface area contributed by atoms with Crippen LogP contribution in [0.1, 0.15) is 67.1 Å². The molecule has 0 saturated heterocycles. The molecule has 2 aromatic heterocycles. The highest BCUT2D eigenvalue weighted by Crippen LogP contribution is 2.22. The van der Waals surface area contributed by atoms with Crippen LogP contribution in [0.3, 0.4) is 0 Å². The van der Waals surface area contributed by atoms with Crippen LogP contribution in [0.15, 0.2) is 16.9 Å². The van der Waals surface area contributed by atoms with Gasteiger partial charge in [-0.15, -0.1) is 0 Å². The smallest absolute Gasteiger partial charge is 0.255 e. The van der Waals surface area contributed by atoms with Gasteiger partial charge in [-0.05, 0) is 63.8 Å². The SMILES string of the molecule is CCCCCCCc1c(C)nc(Nc2nc(C)c3cc(C)c(C)cc3n2)[nH]c1=O. The maximum Gasteiger partial charge on any atom is 0.255 e. The monoisotopic (exact) mass is 393 g/mol. The number of aromatic nitrogens is 4. The lowest BCUT2D eigenvalue weighted by atomic mass is 10.1. The summed E-state index contributed by atoms with van der Waals surface area (Å²) in [5.41, 5.74) is 5.63. The molecule has 0 radical (unpaired) electrons. The average Bonchev–Trinajstić information content (AvgIpc) is 2.65. The van der Waals surface area contributed by atoms with Gasteiger partial charge in [0.15, 0.2) is 0 Å². The maximum atomic E-state index is 12.6. The van der Waals surface area contributed by atoms with E-state index < -0.39 is 0 Å². The first-order chi connectivity index (χ1) is 13.9. The summed E-state index contributed by atoms with van der Waals surface area (Å²) in [6.45, 7) is 10.2. The molecule has 154 valence electrons. The Balaban J connectivity index is 1.80. The van der Waals surface area contributed by atoms with E-state index in [1.54, 1.807) is 0 Å². The Hall–Kier alpha value is -2.76. The van der Waals surface area contributed by atoms with Crippen molar-refractivity contribution in [3.63, 3.8) is 0 Å². The minimum atomic E-state index is -0.0838. The molecule has 6 nitrogen and oxygen atoms in total. The Morgan fingerprint density at radius 2 is 1.62 bits per heavy atom. The molecule has 0 aliphatic carbocycles. The summed E-state index contributed by atoms with van der Waals surface area (Å²) >= 11 is 0. The second-order valence-electron chi connectivity index (χ2n) is 7.85. The van der Waals surface area contributed by atoms with Crippen molar-refractivity contribution >= 4 is 22.8 Å². The number of rotatable bonds is 8. The number of anilines is 2. The number of unbranched alkanes of at least 4 members (excludes halogenated alkanes) is 4. The lowest BCUT2D eigenvalue weighted by molar-refractivity contribution is 0.628. The fourth-order valence-corrected chi connectivity index (χ4v) is 3.57. The minimum absolute atomic E-state index is 0.0838. The fourth-order valence-electron chi connectivity index (χ4n) is 3.57. The van der Waals surface area contributed by atoms with Crippen LogP contribution in [0.25, 0.3) is 10.9 Å². The normalized spacial score (nSPS) is 11.2. The highest BCUT2D eigenvalue weighted by Gasteiger charge is 2.11. The number of nitrogens with one attached hydrogen (secondary N) is 2. The molecule has 0 spiro atoms.